The van der Waals surface area contributed by atoms with Crippen molar-refractivity contribution in [1.29, 1.82) is 5.26 Å². The summed E-state index contributed by atoms with van der Waals surface area (Å²) >= 11 is 0. The molecule has 0 fully saturated rings. The third-order valence-electron chi connectivity index (χ3n) is 3.14. The van der Waals surface area contributed by atoms with Crippen LogP contribution in [0.25, 0.3) is 11.1 Å². The van der Waals surface area contributed by atoms with Gasteiger partial charge in [0.2, 0.25) is 5.82 Å². The lowest BCUT2D eigenvalue weighted by Gasteiger charge is -2.04. The third-order valence-corrected chi connectivity index (χ3v) is 3.14. The SMILES string of the molecule is N#Cc1ccc(OC(=O)c2ncc(-c3ccccc3)cn2)cc1. The molecule has 3 aromatic rings. The average molecular weight is 301 g/mol. The van der Waals surface area contributed by atoms with Crippen molar-refractivity contribution in [3.05, 3.63) is 78.4 Å². The summed E-state index contributed by atoms with van der Waals surface area (Å²) in [5, 5.41) is 8.73. The number of ether oxygens (including phenoxy) is 1. The number of hydrogen-bond acceptors (Lipinski definition) is 5. The van der Waals surface area contributed by atoms with Crippen molar-refractivity contribution in [2.45, 2.75) is 0 Å². The lowest BCUT2D eigenvalue weighted by molar-refractivity contribution is 0.0722. The molecule has 0 aliphatic rings. The number of carbonyl (C=O) groups is 1. The fourth-order valence-electron chi connectivity index (χ4n) is 1.96. The van der Waals surface area contributed by atoms with Crippen LogP contribution in [0.1, 0.15) is 16.2 Å². The Kier molecular flexibility index (Phi) is 4.07. The van der Waals surface area contributed by atoms with Crippen LogP contribution >= 0.6 is 0 Å². The van der Waals surface area contributed by atoms with E-state index in [4.69, 9.17) is 10.00 Å². The highest BCUT2D eigenvalue weighted by Crippen LogP contribution is 2.17. The van der Waals surface area contributed by atoms with Crippen molar-refractivity contribution in [3.8, 4) is 22.9 Å². The Morgan fingerprint density at radius 2 is 1.57 bits per heavy atom. The van der Waals surface area contributed by atoms with Crippen molar-refractivity contribution < 1.29 is 9.53 Å². The molecule has 0 aliphatic carbocycles. The Morgan fingerprint density at radius 1 is 0.913 bits per heavy atom. The van der Waals surface area contributed by atoms with E-state index in [-0.39, 0.29) is 5.82 Å². The summed E-state index contributed by atoms with van der Waals surface area (Å²) in [5.74, 6) is -0.326. The van der Waals surface area contributed by atoms with Crippen LogP contribution in [0.3, 0.4) is 0 Å². The zero-order chi connectivity index (χ0) is 16.1. The number of hydrogen-bond donors (Lipinski definition) is 0. The summed E-state index contributed by atoms with van der Waals surface area (Å²) in [7, 11) is 0. The van der Waals surface area contributed by atoms with Crippen LogP contribution in [0, 0.1) is 11.3 Å². The molecule has 0 N–H and O–H groups in total. The minimum atomic E-state index is -0.644. The molecule has 0 aliphatic heterocycles. The van der Waals surface area contributed by atoms with Crippen LogP contribution in [-0.4, -0.2) is 15.9 Å². The quantitative estimate of drug-likeness (QED) is 0.548. The first-order valence-corrected chi connectivity index (χ1v) is 6.86. The van der Waals surface area contributed by atoms with E-state index in [2.05, 4.69) is 9.97 Å². The molecule has 0 radical (unpaired) electrons. The van der Waals surface area contributed by atoms with Crippen molar-refractivity contribution in [2.75, 3.05) is 0 Å². The number of esters is 1. The highest BCUT2D eigenvalue weighted by Gasteiger charge is 2.12. The smallest absolute Gasteiger partial charge is 0.381 e. The van der Waals surface area contributed by atoms with Gasteiger partial charge in [-0.2, -0.15) is 5.26 Å². The van der Waals surface area contributed by atoms with Gasteiger partial charge < -0.3 is 4.74 Å². The van der Waals surface area contributed by atoms with Crippen molar-refractivity contribution in [1.82, 2.24) is 9.97 Å². The van der Waals surface area contributed by atoms with E-state index >= 15 is 0 Å². The molecular formula is C18H11N3O2. The van der Waals surface area contributed by atoms with Gasteiger partial charge in [-0.25, -0.2) is 14.8 Å². The summed E-state index contributed by atoms with van der Waals surface area (Å²) in [6, 6.07) is 17.9. The Bertz CT molecular complexity index is 852. The number of benzene rings is 2. The van der Waals surface area contributed by atoms with Crippen molar-refractivity contribution >= 4 is 5.97 Å². The molecule has 110 valence electrons. The molecule has 5 heteroatoms. The Hall–Kier alpha value is -3.52. The molecule has 1 heterocycles. The summed E-state index contributed by atoms with van der Waals surface area (Å²) in [4.78, 5) is 20.1. The standard InChI is InChI=1S/C18H11N3O2/c19-10-13-6-8-16(9-7-13)23-18(22)17-20-11-15(12-21-17)14-4-2-1-3-5-14/h1-9,11-12H. The zero-order valence-corrected chi connectivity index (χ0v) is 12.0. The number of aromatic nitrogens is 2. The van der Waals surface area contributed by atoms with Crippen molar-refractivity contribution in [3.63, 3.8) is 0 Å². The van der Waals surface area contributed by atoms with E-state index in [1.807, 2.05) is 36.4 Å². The summed E-state index contributed by atoms with van der Waals surface area (Å²) < 4.78 is 5.17. The maximum Gasteiger partial charge on any atom is 0.381 e. The molecule has 23 heavy (non-hydrogen) atoms. The molecule has 1 aromatic heterocycles. The molecular weight excluding hydrogens is 290 g/mol. The topological polar surface area (TPSA) is 75.9 Å². The highest BCUT2D eigenvalue weighted by molar-refractivity contribution is 5.87. The van der Waals surface area contributed by atoms with Gasteiger partial charge in [0.25, 0.3) is 0 Å². The van der Waals surface area contributed by atoms with Crippen LogP contribution < -0.4 is 4.74 Å². The first-order valence-electron chi connectivity index (χ1n) is 6.86. The predicted octanol–water partition coefficient (Wildman–Crippen LogP) is 3.23. The first-order chi connectivity index (χ1) is 11.3. The van der Waals surface area contributed by atoms with Gasteiger partial charge >= 0.3 is 5.97 Å². The van der Waals surface area contributed by atoms with Crippen LogP contribution in [0.15, 0.2) is 67.0 Å². The molecule has 3 rings (SSSR count). The molecule has 5 nitrogen and oxygen atoms in total. The van der Waals surface area contributed by atoms with E-state index < -0.39 is 5.97 Å². The predicted molar refractivity (Wildman–Crippen MR) is 83.6 cm³/mol. The number of nitriles is 1. The molecule has 0 unspecified atom stereocenters. The van der Waals surface area contributed by atoms with Gasteiger partial charge in [-0.05, 0) is 29.8 Å². The molecule has 2 aromatic carbocycles. The molecule has 0 spiro atoms. The van der Waals surface area contributed by atoms with E-state index in [1.54, 1.807) is 36.7 Å². The number of rotatable bonds is 3. The van der Waals surface area contributed by atoms with Gasteiger partial charge in [0.1, 0.15) is 5.75 Å². The van der Waals surface area contributed by atoms with E-state index in [0.29, 0.717) is 11.3 Å². The van der Waals surface area contributed by atoms with Gasteiger partial charge in [0, 0.05) is 18.0 Å². The Labute approximate surface area is 132 Å². The fraction of sp³-hybridized carbons (Fsp3) is 0. The van der Waals surface area contributed by atoms with E-state index in [0.717, 1.165) is 11.1 Å². The van der Waals surface area contributed by atoms with Crippen LogP contribution in [0.4, 0.5) is 0 Å². The molecule has 0 saturated heterocycles. The fourth-order valence-corrected chi connectivity index (χ4v) is 1.96. The van der Waals surface area contributed by atoms with Crippen LogP contribution in [0.2, 0.25) is 0 Å². The number of nitrogens with zero attached hydrogens (tertiary/aromatic N) is 3. The second-order valence-corrected chi connectivity index (χ2v) is 4.69. The zero-order valence-electron chi connectivity index (χ0n) is 12.0. The Morgan fingerprint density at radius 3 is 2.17 bits per heavy atom. The summed E-state index contributed by atoms with van der Waals surface area (Å²) in [6.07, 6.45) is 3.16. The average Bonchev–Trinajstić information content (AvgIpc) is 2.63. The minimum Gasteiger partial charge on any atom is -0.421 e. The summed E-state index contributed by atoms with van der Waals surface area (Å²) in [5.41, 5.74) is 2.29. The van der Waals surface area contributed by atoms with Crippen LogP contribution in [0.5, 0.6) is 5.75 Å². The molecule has 0 saturated carbocycles. The van der Waals surface area contributed by atoms with Gasteiger partial charge in [-0.3, -0.25) is 0 Å². The number of carbonyl (C=O) groups excluding carboxylic acids is 1. The van der Waals surface area contributed by atoms with Gasteiger partial charge in [-0.1, -0.05) is 30.3 Å². The second-order valence-electron chi connectivity index (χ2n) is 4.69. The monoisotopic (exact) mass is 301 g/mol. The minimum absolute atomic E-state index is 0.0194. The largest absolute Gasteiger partial charge is 0.421 e. The van der Waals surface area contributed by atoms with Crippen LogP contribution in [-0.2, 0) is 0 Å². The normalized spacial score (nSPS) is 9.87. The maximum atomic E-state index is 12.0. The molecule has 0 amide bonds. The second kappa shape index (κ2) is 6.50. The summed E-state index contributed by atoms with van der Waals surface area (Å²) in [6.45, 7) is 0. The third kappa shape index (κ3) is 3.39. The Balaban J connectivity index is 1.74. The van der Waals surface area contributed by atoms with E-state index in [1.165, 1.54) is 0 Å². The maximum absolute atomic E-state index is 12.0. The van der Waals surface area contributed by atoms with Gasteiger partial charge in [-0.15, -0.1) is 0 Å². The van der Waals surface area contributed by atoms with Gasteiger partial charge in [0.15, 0.2) is 0 Å². The van der Waals surface area contributed by atoms with Gasteiger partial charge in [0.05, 0.1) is 11.6 Å². The van der Waals surface area contributed by atoms with Crippen molar-refractivity contribution in [2.24, 2.45) is 0 Å². The lowest BCUT2D eigenvalue weighted by atomic mass is 10.1. The molecule has 0 atom stereocenters. The first kappa shape index (κ1) is 14.4. The van der Waals surface area contributed by atoms with E-state index in [9.17, 15) is 4.79 Å². The lowest BCUT2D eigenvalue weighted by Crippen LogP contribution is -2.12. The molecule has 0 bridgehead atoms. The highest BCUT2D eigenvalue weighted by atomic mass is 16.5.